The third-order valence-electron chi connectivity index (χ3n) is 3.50. The van der Waals surface area contributed by atoms with Crippen molar-refractivity contribution in [2.75, 3.05) is 0 Å². The molecule has 1 aromatic carbocycles. The number of rotatable bonds is 5. The van der Waals surface area contributed by atoms with Crippen molar-refractivity contribution in [2.24, 2.45) is 5.92 Å². The Balaban J connectivity index is 1.85. The van der Waals surface area contributed by atoms with E-state index in [0.29, 0.717) is 12.1 Å². The summed E-state index contributed by atoms with van der Waals surface area (Å²) in [6.07, 6.45) is 4.24. The molecular formula is C15H23N. The first-order valence-corrected chi connectivity index (χ1v) is 6.48. The number of aryl methyl sites for hydroxylation is 1. The maximum absolute atomic E-state index is 3.69. The lowest BCUT2D eigenvalue weighted by atomic mass is 10.0. The van der Waals surface area contributed by atoms with Crippen molar-refractivity contribution < 1.29 is 0 Å². The summed E-state index contributed by atoms with van der Waals surface area (Å²) in [5.74, 6) is 1.01. The monoisotopic (exact) mass is 217 g/mol. The van der Waals surface area contributed by atoms with Crippen LogP contribution < -0.4 is 5.32 Å². The van der Waals surface area contributed by atoms with Gasteiger partial charge in [0.25, 0.3) is 0 Å². The molecular weight excluding hydrogens is 194 g/mol. The van der Waals surface area contributed by atoms with Crippen LogP contribution in [-0.2, 0) is 0 Å². The smallest absolute Gasteiger partial charge is 0.0294 e. The van der Waals surface area contributed by atoms with Gasteiger partial charge in [-0.1, -0.05) is 42.7 Å². The lowest BCUT2D eigenvalue weighted by Crippen LogP contribution is -2.29. The predicted molar refractivity (Wildman–Crippen MR) is 69.5 cm³/mol. The minimum absolute atomic E-state index is 0.467. The normalized spacial score (nSPS) is 19.4. The Kier molecular flexibility index (Phi) is 3.65. The van der Waals surface area contributed by atoms with Gasteiger partial charge < -0.3 is 5.32 Å². The fourth-order valence-electron chi connectivity index (χ4n) is 2.30. The Hall–Kier alpha value is -0.820. The molecule has 1 unspecified atom stereocenters. The maximum atomic E-state index is 3.69. The highest BCUT2D eigenvalue weighted by Gasteiger charge is 2.24. The van der Waals surface area contributed by atoms with E-state index in [4.69, 9.17) is 0 Å². The van der Waals surface area contributed by atoms with Crippen LogP contribution in [0.5, 0.6) is 0 Å². The van der Waals surface area contributed by atoms with Crippen molar-refractivity contribution in [1.82, 2.24) is 5.32 Å². The van der Waals surface area contributed by atoms with Crippen LogP contribution in [0.4, 0.5) is 0 Å². The van der Waals surface area contributed by atoms with Crippen LogP contribution in [0.15, 0.2) is 24.3 Å². The van der Waals surface area contributed by atoms with Crippen molar-refractivity contribution in [3.8, 4) is 0 Å². The van der Waals surface area contributed by atoms with Gasteiger partial charge in [0.2, 0.25) is 0 Å². The molecule has 0 aliphatic heterocycles. The summed E-state index contributed by atoms with van der Waals surface area (Å²) in [7, 11) is 0. The Morgan fingerprint density at radius 3 is 2.38 bits per heavy atom. The first-order valence-electron chi connectivity index (χ1n) is 6.48. The largest absolute Gasteiger partial charge is 0.308 e. The van der Waals surface area contributed by atoms with Crippen molar-refractivity contribution in [3.63, 3.8) is 0 Å². The highest BCUT2D eigenvalue weighted by Crippen LogP contribution is 2.33. The summed E-state index contributed by atoms with van der Waals surface area (Å²) in [6.45, 7) is 6.70. The molecule has 0 bridgehead atoms. The average molecular weight is 217 g/mol. The van der Waals surface area contributed by atoms with Gasteiger partial charge in [-0.05, 0) is 38.7 Å². The number of nitrogens with one attached hydrogen (secondary N) is 1. The summed E-state index contributed by atoms with van der Waals surface area (Å²) in [6, 6.07) is 9.96. The molecule has 0 spiro atoms. The highest BCUT2D eigenvalue weighted by molar-refractivity contribution is 5.23. The number of benzene rings is 1. The molecule has 2 atom stereocenters. The molecule has 16 heavy (non-hydrogen) atoms. The van der Waals surface area contributed by atoms with Crippen molar-refractivity contribution in [3.05, 3.63) is 35.4 Å². The van der Waals surface area contributed by atoms with Gasteiger partial charge in [0.1, 0.15) is 0 Å². The lowest BCUT2D eigenvalue weighted by Gasteiger charge is -2.20. The van der Waals surface area contributed by atoms with Crippen LogP contribution >= 0.6 is 0 Å². The van der Waals surface area contributed by atoms with Gasteiger partial charge in [-0.25, -0.2) is 0 Å². The molecule has 1 nitrogen and oxygen atoms in total. The highest BCUT2D eigenvalue weighted by atomic mass is 14.9. The van der Waals surface area contributed by atoms with Crippen LogP contribution in [0.1, 0.15) is 50.3 Å². The molecule has 1 aliphatic carbocycles. The van der Waals surface area contributed by atoms with Crippen molar-refractivity contribution in [2.45, 2.75) is 52.1 Å². The van der Waals surface area contributed by atoms with Crippen LogP contribution in [0.2, 0.25) is 0 Å². The summed E-state index contributed by atoms with van der Waals surface area (Å²) < 4.78 is 0. The summed E-state index contributed by atoms with van der Waals surface area (Å²) in [5.41, 5.74) is 2.73. The van der Waals surface area contributed by atoms with Crippen LogP contribution in [0.3, 0.4) is 0 Å². The van der Waals surface area contributed by atoms with E-state index >= 15 is 0 Å². The molecule has 2 rings (SSSR count). The summed E-state index contributed by atoms with van der Waals surface area (Å²) >= 11 is 0. The second kappa shape index (κ2) is 5.01. The second-order valence-electron chi connectivity index (χ2n) is 5.38. The Morgan fingerprint density at radius 2 is 1.81 bits per heavy atom. The van der Waals surface area contributed by atoms with Gasteiger partial charge in [-0.3, -0.25) is 0 Å². The third kappa shape index (κ3) is 3.34. The van der Waals surface area contributed by atoms with Gasteiger partial charge in [0.15, 0.2) is 0 Å². The second-order valence-corrected chi connectivity index (χ2v) is 5.38. The molecule has 1 N–H and O–H groups in total. The molecule has 0 aromatic heterocycles. The molecule has 0 saturated heterocycles. The fourth-order valence-corrected chi connectivity index (χ4v) is 2.30. The molecule has 88 valence electrons. The Labute approximate surface area is 99.3 Å². The maximum Gasteiger partial charge on any atom is 0.0294 e. The molecule has 1 saturated carbocycles. The average Bonchev–Trinajstić information content (AvgIpc) is 3.02. The molecule has 1 fully saturated rings. The quantitative estimate of drug-likeness (QED) is 0.790. The first-order chi connectivity index (χ1) is 7.65. The van der Waals surface area contributed by atoms with E-state index in [-0.39, 0.29) is 0 Å². The van der Waals surface area contributed by atoms with E-state index in [1.165, 1.54) is 30.4 Å². The van der Waals surface area contributed by atoms with E-state index < -0.39 is 0 Å². The molecule has 1 heteroatoms. The SMILES string of the molecule is Cc1ccc([C@@H](C)NC(C)CC2CC2)cc1. The molecule has 0 radical (unpaired) electrons. The zero-order chi connectivity index (χ0) is 11.5. The Bertz CT molecular complexity index is 324. The van der Waals surface area contributed by atoms with Crippen LogP contribution in [-0.4, -0.2) is 6.04 Å². The van der Waals surface area contributed by atoms with E-state index in [1.54, 1.807) is 0 Å². The van der Waals surface area contributed by atoms with Crippen LogP contribution in [0, 0.1) is 12.8 Å². The zero-order valence-corrected chi connectivity index (χ0v) is 10.7. The molecule has 0 heterocycles. The van der Waals surface area contributed by atoms with Crippen molar-refractivity contribution in [1.29, 1.82) is 0 Å². The summed E-state index contributed by atoms with van der Waals surface area (Å²) in [4.78, 5) is 0. The van der Waals surface area contributed by atoms with Crippen LogP contribution in [0.25, 0.3) is 0 Å². The number of hydrogen-bond donors (Lipinski definition) is 1. The predicted octanol–water partition coefficient (Wildman–Crippen LogP) is 3.83. The van der Waals surface area contributed by atoms with E-state index in [0.717, 1.165) is 5.92 Å². The molecule has 1 aromatic rings. The third-order valence-corrected chi connectivity index (χ3v) is 3.50. The van der Waals surface area contributed by atoms with Gasteiger partial charge in [0, 0.05) is 12.1 Å². The van der Waals surface area contributed by atoms with E-state index in [2.05, 4.69) is 50.4 Å². The minimum atomic E-state index is 0.467. The van der Waals surface area contributed by atoms with Gasteiger partial charge in [0.05, 0.1) is 0 Å². The van der Waals surface area contributed by atoms with Gasteiger partial charge >= 0.3 is 0 Å². The number of hydrogen-bond acceptors (Lipinski definition) is 1. The van der Waals surface area contributed by atoms with E-state index in [9.17, 15) is 0 Å². The molecule has 1 aliphatic rings. The Morgan fingerprint density at radius 1 is 1.19 bits per heavy atom. The standard InChI is InChI=1S/C15H23N/c1-11-4-8-15(9-5-11)13(3)16-12(2)10-14-6-7-14/h4-5,8-9,12-14,16H,6-7,10H2,1-3H3/t12?,13-/m1/s1. The van der Waals surface area contributed by atoms with Gasteiger partial charge in [-0.2, -0.15) is 0 Å². The lowest BCUT2D eigenvalue weighted by molar-refractivity contribution is 0.438. The van der Waals surface area contributed by atoms with Crippen molar-refractivity contribution >= 4 is 0 Å². The van der Waals surface area contributed by atoms with Gasteiger partial charge in [-0.15, -0.1) is 0 Å². The zero-order valence-electron chi connectivity index (χ0n) is 10.7. The molecule has 0 amide bonds. The summed E-state index contributed by atoms with van der Waals surface area (Å²) in [5, 5.41) is 3.69. The minimum Gasteiger partial charge on any atom is -0.308 e. The topological polar surface area (TPSA) is 12.0 Å². The van der Waals surface area contributed by atoms with E-state index in [1.807, 2.05) is 0 Å². The first kappa shape index (κ1) is 11.7. The fraction of sp³-hybridized carbons (Fsp3) is 0.600.